The molecule has 0 bridgehead atoms. The summed E-state index contributed by atoms with van der Waals surface area (Å²) in [6.07, 6.45) is 3.65. The molecule has 0 atom stereocenters. The maximum atomic E-state index is 6.58. The molecule has 49 heavy (non-hydrogen) atoms. The number of benzene rings is 5. The Morgan fingerprint density at radius 1 is 0.673 bits per heavy atom. The van der Waals surface area contributed by atoms with Crippen LogP contribution in [0.1, 0.15) is 0 Å². The minimum Gasteiger partial charge on any atom is -0.305 e. The van der Waals surface area contributed by atoms with Gasteiger partial charge < -0.3 is 4.98 Å². The molecule has 241 valence electrons. The number of pyridine rings is 2. The Morgan fingerprint density at radius 3 is 2.24 bits per heavy atom. The summed E-state index contributed by atoms with van der Waals surface area (Å²) < 4.78 is 10.2. The van der Waals surface area contributed by atoms with Crippen molar-refractivity contribution in [3.05, 3.63) is 152 Å². The van der Waals surface area contributed by atoms with Crippen LogP contribution in [0, 0.1) is 12.1 Å². The van der Waals surface area contributed by atoms with Crippen LogP contribution < -0.4 is 4.40 Å². The molecule has 9 aromatic rings. The third-order valence-corrected chi connectivity index (χ3v) is 12.9. The molecule has 5 nitrogen and oxygen atoms in total. The van der Waals surface area contributed by atoms with E-state index >= 15 is 0 Å². The Morgan fingerprint density at radius 2 is 1.47 bits per heavy atom. The molecular formula is C42H32GeIrN4O-2. The first kappa shape index (κ1) is 32.7. The summed E-state index contributed by atoms with van der Waals surface area (Å²) in [4.78, 5) is 14.0. The van der Waals surface area contributed by atoms with E-state index in [4.69, 9.17) is 9.40 Å². The summed E-state index contributed by atoms with van der Waals surface area (Å²) in [5.41, 5.74) is 8.47. The van der Waals surface area contributed by atoms with Crippen LogP contribution in [0.25, 0.3) is 72.2 Å². The fourth-order valence-corrected chi connectivity index (χ4v) is 8.56. The van der Waals surface area contributed by atoms with Crippen LogP contribution in [0.4, 0.5) is 0 Å². The molecule has 4 aromatic heterocycles. The normalized spacial score (nSPS) is 11.4. The molecule has 0 saturated carbocycles. The van der Waals surface area contributed by atoms with Crippen LogP contribution in [0.2, 0.25) is 17.3 Å². The van der Waals surface area contributed by atoms with Crippen molar-refractivity contribution >= 4 is 61.5 Å². The predicted octanol–water partition coefficient (Wildman–Crippen LogP) is 10.0. The topological polar surface area (TPSA) is 56.7 Å². The van der Waals surface area contributed by atoms with Gasteiger partial charge in [0.25, 0.3) is 0 Å². The Kier molecular flexibility index (Phi) is 9.04. The van der Waals surface area contributed by atoms with Crippen molar-refractivity contribution in [2.45, 2.75) is 17.3 Å². The largest absolute Gasteiger partial charge is 0.305 e. The van der Waals surface area contributed by atoms with Gasteiger partial charge in [0.2, 0.25) is 0 Å². The Balaban J connectivity index is 0.000000246. The smallest absolute Gasteiger partial charge is 0.0160 e. The van der Waals surface area contributed by atoms with Crippen LogP contribution in [0.15, 0.2) is 144 Å². The third kappa shape index (κ3) is 6.24. The molecule has 0 amide bonds. The van der Waals surface area contributed by atoms with Gasteiger partial charge in [-0.3, -0.25) is 0 Å². The molecule has 0 N–H and O–H groups in total. The van der Waals surface area contributed by atoms with E-state index in [-0.39, 0.29) is 20.1 Å². The maximum absolute atomic E-state index is 6.58. The van der Waals surface area contributed by atoms with Crippen molar-refractivity contribution in [1.29, 1.82) is 0 Å². The zero-order valence-electron chi connectivity index (χ0n) is 27.3. The standard InChI is InChI=1S/C31H24GeN3O.C11H8N.Ir/c1-32(2,3)20-16-17-22-23-13-9-14-25(30(23)36-28(22)18-20)31-34-27-19-33-26-15-8-7-12-24(26)29(27)35(31)21-10-5-4-6-11-21;1-2-6-10(7-3-1)11-8-4-5-9-12-11;/h4-13,15-19H,1-3H3;1-6,8-9H;/q2*-1;. The fourth-order valence-electron chi connectivity index (χ4n) is 6.15. The molecular weight excluding hydrogens is 841 g/mol. The predicted molar refractivity (Wildman–Crippen MR) is 199 cm³/mol. The average molecular weight is 874 g/mol. The molecule has 7 heteroatoms. The first-order valence-electron chi connectivity index (χ1n) is 16.0. The van der Waals surface area contributed by atoms with Crippen LogP contribution in [-0.2, 0) is 20.1 Å². The third-order valence-electron chi connectivity index (χ3n) is 8.58. The van der Waals surface area contributed by atoms with Gasteiger partial charge >= 0.3 is 206 Å². The van der Waals surface area contributed by atoms with Crippen molar-refractivity contribution in [1.82, 2.24) is 19.5 Å². The van der Waals surface area contributed by atoms with Crippen molar-refractivity contribution in [3.8, 4) is 28.3 Å². The van der Waals surface area contributed by atoms with E-state index in [1.165, 1.54) is 4.40 Å². The van der Waals surface area contributed by atoms with Crippen LogP contribution in [0.3, 0.4) is 0 Å². The van der Waals surface area contributed by atoms with Gasteiger partial charge in [0.05, 0.1) is 0 Å². The molecule has 9 rings (SSSR count). The van der Waals surface area contributed by atoms with Gasteiger partial charge in [-0.15, -0.1) is 35.9 Å². The summed E-state index contributed by atoms with van der Waals surface area (Å²) in [7, 11) is 0. The quantitative estimate of drug-likeness (QED) is 0.131. The first-order valence-corrected chi connectivity index (χ1v) is 23.4. The number of hydrogen-bond donors (Lipinski definition) is 0. The zero-order valence-corrected chi connectivity index (χ0v) is 31.8. The molecule has 0 saturated heterocycles. The van der Waals surface area contributed by atoms with Gasteiger partial charge in [0, 0.05) is 26.3 Å². The number of fused-ring (bicyclic) bond motifs is 6. The fraction of sp³-hybridized carbons (Fsp3) is 0.0714. The zero-order chi connectivity index (χ0) is 32.7. The second-order valence-electron chi connectivity index (χ2n) is 12.8. The van der Waals surface area contributed by atoms with Crippen molar-refractivity contribution < 1.29 is 24.5 Å². The summed E-state index contributed by atoms with van der Waals surface area (Å²) in [6, 6.07) is 49.7. The SMILES string of the molecule is [CH3][Ge]([CH3])([CH3])[c]1ccc2c(c1)oc1c(-c3nc4cnc5ccccc5c4n3-c3ccccc3)[c-]ccc12.[Ir].[c-]1ccccc1-c1ccccn1. The van der Waals surface area contributed by atoms with E-state index in [0.29, 0.717) is 0 Å². The number of para-hydroxylation sites is 2. The van der Waals surface area contributed by atoms with Crippen LogP contribution in [0.5, 0.6) is 0 Å². The first-order chi connectivity index (χ1) is 23.5. The molecule has 0 aliphatic heterocycles. The summed E-state index contributed by atoms with van der Waals surface area (Å²) in [5.74, 6) is 8.02. The number of furan rings is 1. The number of imidazole rings is 1. The second kappa shape index (κ2) is 13.6. The van der Waals surface area contributed by atoms with Gasteiger partial charge in [0.1, 0.15) is 0 Å². The van der Waals surface area contributed by atoms with Crippen LogP contribution >= 0.6 is 0 Å². The molecule has 0 fully saturated rings. The van der Waals surface area contributed by atoms with Crippen molar-refractivity contribution in [2.75, 3.05) is 0 Å². The second-order valence-corrected chi connectivity index (χ2v) is 23.4. The molecule has 0 spiro atoms. The van der Waals surface area contributed by atoms with Gasteiger partial charge in [-0.1, -0.05) is 18.2 Å². The van der Waals surface area contributed by atoms with Gasteiger partial charge in [-0.25, -0.2) is 0 Å². The number of hydrogen-bond acceptors (Lipinski definition) is 4. The average Bonchev–Trinajstić information content (AvgIpc) is 3.71. The summed E-state index contributed by atoms with van der Waals surface area (Å²) in [6.45, 7) is 0. The van der Waals surface area contributed by atoms with E-state index in [1.807, 2.05) is 72.9 Å². The summed E-state index contributed by atoms with van der Waals surface area (Å²) >= 11 is -2.00. The monoisotopic (exact) mass is 875 g/mol. The molecule has 0 unspecified atom stereocenters. The molecule has 0 aliphatic carbocycles. The number of rotatable bonds is 4. The minimum atomic E-state index is -2.00. The summed E-state index contributed by atoms with van der Waals surface area (Å²) in [5, 5.41) is 3.28. The van der Waals surface area contributed by atoms with E-state index in [9.17, 15) is 0 Å². The van der Waals surface area contributed by atoms with Gasteiger partial charge in [-0.05, 0) is 11.8 Å². The Bertz CT molecular complexity index is 2500. The van der Waals surface area contributed by atoms with E-state index in [2.05, 4.69) is 105 Å². The van der Waals surface area contributed by atoms with Gasteiger partial charge in [-0.2, -0.15) is 0 Å². The van der Waals surface area contributed by atoms with Crippen molar-refractivity contribution in [3.63, 3.8) is 0 Å². The maximum Gasteiger partial charge on any atom is 0.0160 e. The van der Waals surface area contributed by atoms with Gasteiger partial charge in [0.15, 0.2) is 0 Å². The molecule has 5 aromatic carbocycles. The van der Waals surface area contributed by atoms with Crippen molar-refractivity contribution in [2.24, 2.45) is 0 Å². The molecule has 4 heterocycles. The molecule has 1 radical (unpaired) electrons. The number of nitrogens with zero attached hydrogens (tertiary/aromatic N) is 4. The van der Waals surface area contributed by atoms with Crippen LogP contribution in [-0.4, -0.2) is 32.8 Å². The Labute approximate surface area is 301 Å². The minimum absolute atomic E-state index is 0. The molecule has 0 aliphatic rings. The number of aromatic nitrogens is 4. The van der Waals surface area contributed by atoms with E-state index in [1.54, 1.807) is 6.20 Å². The van der Waals surface area contributed by atoms with E-state index in [0.717, 1.165) is 72.2 Å². The Hall–Kier alpha value is -4.88. The van der Waals surface area contributed by atoms with E-state index < -0.39 is 13.3 Å².